The number of thiol groups is 1. The maximum Gasteiger partial charge on any atom is 0.335 e. The molecule has 0 saturated carbocycles. The lowest BCUT2D eigenvalue weighted by Gasteiger charge is -2.26. The van der Waals surface area contributed by atoms with Gasteiger partial charge in [0.2, 0.25) is 10.9 Å². The summed E-state index contributed by atoms with van der Waals surface area (Å²) in [6.07, 6.45) is 1.48. The number of anilines is 3. The molecule has 1 aromatic heterocycles. The molecule has 1 N–H and O–H groups in total. The Bertz CT molecular complexity index is 868. The molecule has 0 bridgehead atoms. The molecule has 2 aromatic rings. The van der Waals surface area contributed by atoms with Crippen molar-refractivity contribution in [2.75, 3.05) is 42.6 Å². The van der Waals surface area contributed by atoms with Crippen molar-refractivity contribution in [1.82, 2.24) is 4.98 Å². The number of rotatable bonds is 6. The molecule has 0 amide bonds. The van der Waals surface area contributed by atoms with Crippen LogP contribution in [0.5, 0.6) is 5.75 Å². The number of aromatic carboxylic acids is 1. The lowest BCUT2D eigenvalue weighted by molar-refractivity contribution is 0.0696. The number of hydrogen-bond donors (Lipinski definition) is 2. The first-order chi connectivity index (χ1) is 12.5. The van der Waals surface area contributed by atoms with Crippen molar-refractivity contribution in [3.05, 3.63) is 30.0 Å². The van der Waals surface area contributed by atoms with Crippen molar-refractivity contribution >= 4 is 44.0 Å². The summed E-state index contributed by atoms with van der Waals surface area (Å²) in [5.74, 6) is -0.981. The van der Waals surface area contributed by atoms with Gasteiger partial charge in [-0.15, -0.1) is 0 Å². The van der Waals surface area contributed by atoms with E-state index < -0.39 is 16.9 Å². The van der Waals surface area contributed by atoms with Crippen LogP contribution in [0.3, 0.4) is 0 Å². The SMILES string of the molecule is COc1cc(C(=O)O)ccc1N(c1cnc(N2CCOCC2)s1)[SH](=O)=O. The Morgan fingerprint density at radius 1 is 1.38 bits per heavy atom. The van der Waals surface area contributed by atoms with Gasteiger partial charge in [0.15, 0.2) is 5.13 Å². The summed E-state index contributed by atoms with van der Waals surface area (Å²) in [5.41, 5.74) is 0.232. The summed E-state index contributed by atoms with van der Waals surface area (Å²) in [6, 6.07) is 4.02. The highest BCUT2D eigenvalue weighted by Crippen LogP contribution is 2.39. The fourth-order valence-corrected chi connectivity index (χ4v) is 4.30. The first kappa shape index (κ1) is 18.4. The van der Waals surface area contributed by atoms with Crippen molar-refractivity contribution in [3.63, 3.8) is 0 Å². The number of nitrogens with zero attached hydrogens (tertiary/aromatic N) is 3. The van der Waals surface area contributed by atoms with Crippen molar-refractivity contribution in [2.24, 2.45) is 0 Å². The van der Waals surface area contributed by atoms with Crippen LogP contribution in [0.1, 0.15) is 10.4 Å². The summed E-state index contributed by atoms with van der Waals surface area (Å²) in [7, 11) is -1.68. The summed E-state index contributed by atoms with van der Waals surface area (Å²) in [6.45, 7) is 2.57. The van der Waals surface area contributed by atoms with E-state index in [9.17, 15) is 13.2 Å². The van der Waals surface area contributed by atoms with E-state index in [1.54, 1.807) is 0 Å². The van der Waals surface area contributed by atoms with Crippen LogP contribution >= 0.6 is 11.3 Å². The minimum atomic E-state index is -3.03. The zero-order chi connectivity index (χ0) is 18.7. The largest absolute Gasteiger partial charge is 0.495 e. The molecule has 0 atom stereocenters. The third kappa shape index (κ3) is 3.74. The molecule has 0 aliphatic carbocycles. The molecule has 1 aliphatic heterocycles. The Hall–Kier alpha value is -2.37. The van der Waals surface area contributed by atoms with Crippen molar-refractivity contribution in [3.8, 4) is 5.75 Å². The third-order valence-electron chi connectivity index (χ3n) is 3.79. The van der Waals surface area contributed by atoms with E-state index >= 15 is 0 Å². The number of ether oxygens (including phenoxy) is 2. The van der Waals surface area contributed by atoms with Gasteiger partial charge >= 0.3 is 5.97 Å². The normalized spacial score (nSPS) is 14.5. The molecule has 11 heteroatoms. The third-order valence-corrected chi connectivity index (χ3v) is 5.73. The fraction of sp³-hybridized carbons (Fsp3) is 0.333. The molecule has 1 saturated heterocycles. The lowest BCUT2D eigenvalue weighted by Crippen LogP contribution is -2.36. The monoisotopic (exact) mass is 399 g/mol. The Labute approximate surface area is 155 Å². The Morgan fingerprint density at radius 2 is 2.12 bits per heavy atom. The first-order valence-electron chi connectivity index (χ1n) is 7.65. The van der Waals surface area contributed by atoms with Gasteiger partial charge in [0.05, 0.1) is 37.8 Å². The van der Waals surface area contributed by atoms with E-state index in [1.165, 1.54) is 42.8 Å². The number of carboxylic acids is 1. The minimum absolute atomic E-state index is 0.00462. The van der Waals surface area contributed by atoms with E-state index in [4.69, 9.17) is 14.6 Å². The van der Waals surface area contributed by atoms with Crippen LogP contribution in [0.25, 0.3) is 0 Å². The maximum atomic E-state index is 11.9. The van der Waals surface area contributed by atoms with Gasteiger partial charge in [-0.25, -0.2) is 22.5 Å². The molecule has 0 radical (unpaired) electrons. The highest BCUT2D eigenvalue weighted by atomic mass is 32.2. The molecular formula is C15H17N3O6S2. The quantitative estimate of drug-likeness (QED) is 0.701. The van der Waals surface area contributed by atoms with Gasteiger partial charge in [-0.2, -0.15) is 0 Å². The van der Waals surface area contributed by atoms with Gasteiger partial charge in [-0.05, 0) is 18.2 Å². The summed E-state index contributed by atoms with van der Waals surface area (Å²) < 4.78 is 35.4. The van der Waals surface area contributed by atoms with Crippen LogP contribution < -0.4 is 13.9 Å². The molecule has 26 heavy (non-hydrogen) atoms. The molecule has 0 unspecified atom stereocenters. The molecule has 9 nitrogen and oxygen atoms in total. The van der Waals surface area contributed by atoms with Gasteiger partial charge in [0, 0.05) is 13.1 Å². The Kier molecular flexibility index (Phi) is 5.59. The smallest absolute Gasteiger partial charge is 0.335 e. The molecule has 3 rings (SSSR count). The number of carboxylic acid groups (broad SMARTS) is 1. The highest BCUT2D eigenvalue weighted by Gasteiger charge is 2.22. The second kappa shape index (κ2) is 7.89. The van der Waals surface area contributed by atoms with Crippen molar-refractivity contribution in [2.45, 2.75) is 0 Å². The van der Waals surface area contributed by atoms with Crippen LogP contribution in [0.15, 0.2) is 24.4 Å². The molecule has 1 aliphatic rings. The molecule has 1 fully saturated rings. The average molecular weight is 399 g/mol. The zero-order valence-corrected chi connectivity index (χ0v) is 15.5. The van der Waals surface area contributed by atoms with Crippen LogP contribution in [-0.4, -0.2) is 57.9 Å². The summed E-state index contributed by atoms with van der Waals surface area (Å²) in [5, 5.41) is 10.2. The van der Waals surface area contributed by atoms with E-state index in [-0.39, 0.29) is 17.0 Å². The van der Waals surface area contributed by atoms with Gasteiger partial charge in [0.25, 0.3) is 0 Å². The minimum Gasteiger partial charge on any atom is -0.495 e. The van der Waals surface area contributed by atoms with Crippen LogP contribution in [0.2, 0.25) is 0 Å². The number of aromatic nitrogens is 1. The molecular weight excluding hydrogens is 382 g/mol. The van der Waals surface area contributed by atoms with E-state index in [2.05, 4.69) is 4.98 Å². The number of thiazole rings is 1. The molecule has 2 heterocycles. The van der Waals surface area contributed by atoms with E-state index in [0.29, 0.717) is 36.4 Å². The molecule has 0 spiro atoms. The average Bonchev–Trinajstić information content (AvgIpc) is 3.12. The Balaban J connectivity index is 1.98. The van der Waals surface area contributed by atoms with Crippen LogP contribution in [-0.2, 0) is 15.6 Å². The highest BCUT2D eigenvalue weighted by molar-refractivity contribution is 7.74. The standard InChI is InChI=1S/C15H17N3O6S2/c1-23-12-8-10(14(19)20)2-3-11(12)18(26(21)22)13-9-16-15(25-13)17-4-6-24-7-5-17/h2-3,8-9,26H,4-7H2,1H3,(H,19,20). The molecule has 1 aromatic carbocycles. The summed E-state index contributed by atoms with van der Waals surface area (Å²) >= 11 is 1.23. The van der Waals surface area contributed by atoms with Crippen molar-refractivity contribution < 1.29 is 27.8 Å². The topological polar surface area (TPSA) is 109 Å². The second-order valence-electron chi connectivity index (χ2n) is 5.32. The van der Waals surface area contributed by atoms with Crippen molar-refractivity contribution in [1.29, 1.82) is 0 Å². The Morgan fingerprint density at radius 3 is 2.73 bits per heavy atom. The second-order valence-corrected chi connectivity index (χ2v) is 7.19. The number of hydrogen-bond acceptors (Lipinski definition) is 8. The number of morpholine rings is 1. The van der Waals surface area contributed by atoms with Crippen LogP contribution in [0, 0.1) is 0 Å². The summed E-state index contributed by atoms with van der Waals surface area (Å²) in [4.78, 5) is 17.5. The number of benzene rings is 1. The van der Waals surface area contributed by atoms with Gasteiger partial charge in [-0.3, -0.25) is 0 Å². The van der Waals surface area contributed by atoms with Crippen LogP contribution in [0.4, 0.5) is 15.8 Å². The first-order valence-corrected chi connectivity index (χ1v) is 9.60. The van der Waals surface area contributed by atoms with Gasteiger partial charge < -0.3 is 19.5 Å². The predicted molar refractivity (Wildman–Crippen MR) is 97.6 cm³/mol. The lowest BCUT2D eigenvalue weighted by atomic mass is 10.2. The number of carbonyl (C=O) groups is 1. The zero-order valence-electron chi connectivity index (χ0n) is 13.8. The van der Waals surface area contributed by atoms with E-state index in [0.717, 1.165) is 4.31 Å². The van der Waals surface area contributed by atoms with Gasteiger partial charge in [-0.1, -0.05) is 11.3 Å². The van der Waals surface area contributed by atoms with Gasteiger partial charge in [0.1, 0.15) is 10.8 Å². The van der Waals surface area contributed by atoms with E-state index in [1.807, 2.05) is 4.90 Å². The number of methoxy groups -OCH3 is 1. The fourth-order valence-electron chi connectivity index (χ4n) is 2.53. The predicted octanol–water partition coefficient (Wildman–Crippen LogP) is 1.35. The molecule has 140 valence electrons. The maximum absolute atomic E-state index is 11.9.